The SMILES string of the molecule is CN(C)c1nccc(S(N)(=O)=O)n1. The fourth-order valence-electron chi connectivity index (χ4n) is 0.706. The summed E-state index contributed by atoms with van der Waals surface area (Å²) in [5.41, 5.74) is 0. The second-order valence-corrected chi connectivity index (χ2v) is 4.14. The van der Waals surface area contributed by atoms with Gasteiger partial charge in [0.1, 0.15) is 0 Å². The van der Waals surface area contributed by atoms with Crippen LogP contribution in [0.4, 0.5) is 5.95 Å². The molecule has 0 unspecified atom stereocenters. The molecule has 0 aliphatic rings. The number of rotatable bonds is 2. The maximum atomic E-state index is 10.9. The van der Waals surface area contributed by atoms with E-state index in [4.69, 9.17) is 5.14 Å². The molecule has 0 aromatic carbocycles. The Balaban J connectivity index is 3.21. The monoisotopic (exact) mass is 202 g/mol. The quantitative estimate of drug-likeness (QED) is 0.633. The van der Waals surface area contributed by atoms with Crippen LogP contribution in [-0.2, 0) is 10.0 Å². The Morgan fingerprint density at radius 1 is 1.46 bits per heavy atom. The highest BCUT2D eigenvalue weighted by atomic mass is 32.2. The van der Waals surface area contributed by atoms with Gasteiger partial charge in [0.15, 0.2) is 5.03 Å². The molecule has 1 heterocycles. The van der Waals surface area contributed by atoms with Crippen molar-refractivity contribution in [1.82, 2.24) is 9.97 Å². The summed E-state index contributed by atoms with van der Waals surface area (Å²) in [6.45, 7) is 0. The minimum absolute atomic E-state index is 0.175. The summed E-state index contributed by atoms with van der Waals surface area (Å²) in [7, 11) is -0.315. The van der Waals surface area contributed by atoms with Crippen LogP contribution in [0.5, 0.6) is 0 Å². The first kappa shape index (κ1) is 9.87. The van der Waals surface area contributed by atoms with Gasteiger partial charge in [0.05, 0.1) is 0 Å². The average molecular weight is 202 g/mol. The molecule has 0 aliphatic carbocycles. The van der Waals surface area contributed by atoms with Crippen molar-refractivity contribution in [2.45, 2.75) is 5.03 Å². The summed E-state index contributed by atoms with van der Waals surface area (Å²) in [6, 6.07) is 1.25. The zero-order chi connectivity index (χ0) is 10.1. The summed E-state index contributed by atoms with van der Waals surface area (Å²) in [6.07, 6.45) is 1.35. The van der Waals surface area contributed by atoms with Crippen LogP contribution in [0.1, 0.15) is 0 Å². The molecule has 7 heteroatoms. The average Bonchev–Trinajstić information content (AvgIpc) is 2.03. The molecule has 6 nitrogen and oxygen atoms in total. The second kappa shape index (κ2) is 3.27. The van der Waals surface area contributed by atoms with Crippen LogP contribution in [0.3, 0.4) is 0 Å². The normalized spacial score (nSPS) is 11.3. The number of primary sulfonamides is 1. The molecule has 2 N–H and O–H groups in total. The van der Waals surface area contributed by atoms with E-state index in [1.54, 1.807) is 19.0 Å². The molecule has 0 fully saturated rings. The maximum Gasteiger partial charge on any atom is 0.255 e. The third-order valence-electron chi connectivity index (χ3n) is 1.31. The van der Waals surface area contributed by atoms with Crippen LogP contribution >= 0.6 is 0 Å². The van der Waals surface area contributed by atoms with Gasteiger partial charge in [0.25, 0.3) is 10.0 Å². The Hall–Kier alpha value is -1.21. The molecule has 0 aliphatic heterocycles. The Morgan fingerprint density at radius 2 is 2.08 bits per heavy atom. The van der Waals surface area contributed by atoms with Gasteiger partial charge in [-0.25, -0.2) is 18.5 Å². The summed E-state index contributed by atoms with van der Waals surface area (Å²) >= 11 is 0. The summed E-state index contributed by atoms with van der Waals surface area (Å²) in [5, 5.41) is 4.71. The largest absolute Gasteiger partial charge is 0.347 e. The first-order valence-corrected chi connectivity index (χ1v) is 4.99. The Kier molecular flexibility index (Phi) is 2.48. The van der Waals surface area contributed by atoms with Crippen molar-refractivity contribution in [2.24, 2.45) is 5.14 Å². The smallest absolute Gasteiger partial charge is 0.255 e. The van der Waals surface area contributed by atoms with Crippen LogP contribution in [0.2, 0.25) is 0 Å². The highest BCUT2D eigenvalue weighted by molar-refractivity contribution is 7.89. The van der Waals surface area contributed by atoms with E-state index in [0.717, 1.165) is 0 Å². The van der Waals surface area contributed by atoms with Crippen molar-refractivity contribution in [3.05, 3.63) is 12.3 Å². The fraction of sp³-hybridized carbons (Fsp3) is 0.333. The molecule has 1 rings (SSSR count). The van der Waals surface area contributed by atoms with Gasteiger partial charge in [0.2, 0.25) is 5.95 Å². The number of nitrogens with two attached hydrogens (primary N) is 1. The molecule has 72 valence electrons. The summed E-state index contributed by atoms with van der Waals surface area (Å²) in [4.78, 5) is 9.18. The zero-order valence-electron chi connectivity index (χ0n) is 7.30. The first-order valence-electron chi connectivity index (χ1n) is 3.44. The van der Waals surface area contributed by atoms with Gasteiger partial charge in [-0.3, -0.25) is 0 Å². The molecule has 1 aromatic heterocycles. The third-order valence-corrected chi connectivity index (χ3v) is 2.12. The molecule has 0 saturated carbocycles. The molecule has 0 spiro atoms. The molecule has 0 saturated heterocycles. The minimum Gasteiger partial charge on any atom is -0.347 e. The number of hydrogen-bond donors (Lipinski definition) is 1. The van der Waals surface area contributed by atoms with E-state index in [9.17, 15) is 8.42 Å². The lowest BCUT2D eigenvalue weighted by atomic mass is 10.6. The predicted octanol–water partition coefficient (Wildman–Crippen LogP) is -0.810. The van der Waals surface area contributed by atoms with E-state index in [-0.39, 0.29) is 5.03 Å². The van der Waals surface area contributed by atoms with Crippen LogP contribution < -0.4 is 10.0 Å². The van der Waals surface area contributed by atoms with Gasteiger partial charge in [-0.15, -0.1) is 0 Å². The van der Waals surface area contributed by atoms with E-state index >= 15 is 0 Å². The van der Waals surface area contributed by atoms with E-state index < -0.39 is 10.0 Å². The standard InChI is InChI=1S/C6H10N4O2S/c1-10(2)6-8-4-3-5(9-6)13(7,11)12/h3-4H,1-2H3,(H2,7,11,12). The summed E-state index contributed by atoms with van der Waals surface area (Å²) < 4.78 is 21.8. The topological polar surface area (TPSA) is 89.2 Å². The van der Waals surface area contributed by atoms with E-state index in [2.05, 4.69) is 9.97 Å². The maximum absolute atomic E-state index is 10.9. The number of anilines is 1. The van der Waals surface area contributed by atoms with Gasteiger partial charge < -0.3 is 4.90 Å². The van der Waals surface area contributed by atoms with Crippen molar-refractivity contribution in [1.29, 1.82) is 0 Å². The van der Waals surface area contributed by atoms with Crippen molar-refractivity contribution in [2.75, 3.05) is 19.0 Å². The number of hydrogen-bond acceptors (Lipinski definition) is 5. The van der Waals surface area contributed by atoms with Crippen LogP contribution in [0.15, 0.2) is 17.3 Å². The van der Waals surface area contributed by atoms with E-state index in [1.165, 1.54) is 12.3 Å². The van der Waals surface area contributed by atoms with Crippen molar-refractivity contribution < 1.29 is 8.42 Å². The van der Waals surface area contributed by atoms with Crippen LogP contribution in [-0.4, -0.2) is 32.5 Å². The first-order chi connectivity index (χ1) is 5.91. The van der Waals surface area contributed by atoms with Crippen molar-refractivity contribution in [3.8, 4) is 0 Å². The van der Waals surface area contributed by atoms with Crippen LogP contribution in [0.25, 0.3) is 0 Å². The molecular formula is C6H10N4O2S. The Labute approximate surface area is 76.5 Å². The van der Waals surface area contributed by atoms with E-state index in [1.807, 2.05) is 0 Å². The minimum atomic E-state index is -3.74. The highest BCUT2D eigenvalue weighted by Crippen LogP contribution is 2.06. The predicted molar refractivity (Wildman–Crippen MR) is 47.7 cm³/mol. The lowest BCUT2D eigenvalue weighted by molar-refractivity contribution is 0.593. The molecule has 0 amide bonds. The number of aromatic nitrogens is 2. The van der Waals surface area contributed by atoms with Gasteiger partial charge in [0, 0.05) is 20.3 Å². The van der Waals surface area contributed by atoms with Crippen molar-refractivity contribution >= 4 is 16.0 Å². The molecule has 1 aromatic rings. The Bertz CT molecular complexity index is 401. The second-order valence-electron chi connectivity index (χ2n) is 2.63. The Morgan fingerprint density at radius 3 is 2.54 bits per heavy atom. The summed E-state index contributed by atoms with van der Waals surface area (Å²) in [5.74, 6) is 0.312. The van der Waals surface area contributed by atoms with Gasteiger partial charge >= 0.3 is 0 Å². The van der Waals surface area contributed by atoms with Gasteiger partial charge in [-0.05, 0) is 6.07 Å². The van der Waals surface area contributed by atoms with Gasteiger partial charge in [-0.2, -0.15) is 4.98 Å². The van der Waals surface area contributed by atoms with E-state index in [0.29, 0.717) is 5.95 Å². The van der Waals surface area contributed by atoms with Gasteiger partial charge in [-0.1, -0.05) is 0 Å². The molecule has 13 heavy (non-hydrogen) atoms. The molecule has 0 radical (unpaired) electrons. The highest BCUT2D eigenvalue weighted by Gasteiger charge is 2.10. The molecule has 0 atom stereocenters. The van der Waals surface area contributed by atoms with Crippen LogP contribution in [0, 0.1) is 0 Å². The number of nitrogens with zero attached hydrogens (tertiary/aromatic N) is 3. The molecular weight excluding hydrogens is 192 g/mol. The fourth-order valence-corrected chi connectivity index (χ4v) is 1.17. The van der Waals surface area contributed by atoms with Crippen molar-refractivity contribution in [3.63, 3.8) is 0 Å². The zero-order valence-corrected chi connectivity index (χ0v) is 8.11. The number of sulfonamides is 1. The molecule has 0 bridgehead atoms. The third kappa shape index (κ3) is 2.36. The lowest BCUT2D eigenvalue weighted by Gasteiger charge is -2.09. The lowest BCUT2D eigenvalue weighted by Crippen LogP contribution is -2.18.